The highest BCUT2D eigenvalue weighted by atomic mass is 35.5. The molecule has 76 valence electrons. The molecule has 0 aromatic carbocycles. The van der Waals surface area contributed by atoms with E-state index in [1.165, 1.54) is 12.0 Å². The number of halogens is 1. The third kappa shape index (κ3) is 5.47. The van der Waals surface area contributed by atoms with Gasteiger partial charge in [-0.15, -0.1) is 11.6 Å². The second kappa shape index (κ2) is 6.71. The first-order valence-electron chi connectivity index (χ1n) is 3.98. The van der Waals surface area contributed by atoms with Crippen LogP contribution in [0.2, 0.25) is 0 Å². The summed E-state index contributed by atoms with van der Waals surface area (Å²) in [6.45, 7) is 0.377. The van der Waals surface area contributed by atoms with Gasteiger partial charge in [0, 0.05) is 25.9 Å². The number of esters is 1. The minimum Gasteiger partial charge on any atom is -0.469 e. The monoisotopic (exact) mass is 207 g/mol. The molecule has 0 rings (SSSR count). The summed E-state index contributed by atoms with van der Waals surface area (Å²) in [6, 6.07) is 0. The molecule has 0 atom stereocenters. The van der Waals surface area contributed by atoms with Crippen LogP contribution >= 0.6 is 11.6 Å². The molecule has 0 fully saturated rings. The molecule has 4 nitrogen and oxygen atoms in total. The predicted octanol–water partition coefficient (Wildman–Crippen LogP) is 0.637. The van der Waals surface area contributed by atoms with Crippen molar-refractivity contribution < 1.29 is 14.3 Å². The zero-order valence-corrected chi connectivity index (χ0v) is 8.63. The van der Waals surface area contributed by atoms with Gasteiger partial charge in [-0.25, -0.2) is 0 Å². The highest BCUT2D eigenvalue weighted by molar-refractivity contribution is 6.18. The molecular formula is C8H14ClNO3. The van der Waals surface area contributed by atoms with E-state index in [-0.39, 0.29) is 18.3 Å². The lowest BCUT2D eigenvalue weighted by atomic mass is 10.3. The van der Waals surface area contributed by atoms with Crippen molar-refractivity contribution in [2.75, 3.05) is 26.6 Å². The topological polar surface area (TPSA) is 46.6 Å². The van der Waals surface area contributed by atoms with Crippen molar-refractivity contribution in [2.45, 2.75) is 12.8 Å². The number of amides is 1. The molecule has 0 aromatic heterocycles. The molecule has 0 heterocycles. The van der Waals surface area contributed by atoms with Crippen LogP contribution in [0.3, 0.4) is 0 Å². The minimum absolute atomic E-state index is 0.0566. The molecule has 13 heavy (non-hydrogen) atoms. The predicted molar refractivity (Wildman–Crippen MR) is 49.6 cm³/mol. The summed E-state index contributed by atoms with van der Waals surface area (Å²) in [5.41, 5.74) is 0. The molecule has 0 saturated heterocycles. The highest BCUT2D eigenvalue weighted by Crippen LogP contribution is 1.95. The molecule has 0 aliphatic carbocycles. The van der Waals surface area contributed by atoms with Crippen molar-refractivity contribution in [1.29, 1.82) is 0 Å². The average Bonchev–Trinajstić information content (AvgIpc) is 2.13. The Kier molecular flexibility index (Phi) is 6.32. The standard InChI is InChI=1S/C8H14ClNO3/c1-10(7(11)3-5-9)6-4-8(12)13-2/h3-6H2,1-2H3. The van der Waals surface area contributed by atoms with Gasteiger partial charge in [-0.1, -0.05) is 0 Å². The van der Waals surface area contributed by atoms with Gasteiger partial charge in [0.2, 0.25) is 5.91 Å². The second-order valence-electron chi connectivity index (χ2n) is 2.58. The van der Waals surface area contributed by atoms with Crippen LogP contribution in [0.1, 0.15) is 12.8 Å². The van der Waals surface area contributed by atoms with E-state index in [9.17, 15) is 9.59 Å². The van der Waals surface area contributed by atoms with Gasteiger partial charge in [0.1, 0.15) is 0 Å². The van der Waals surface area contributed by atoms with Gasteiger partial charge in [0.15, 0.2) is 0 Å². The molecule has 1 amide bonds. The Balaban J connectivity index is 3.67. The Bertz CT molecular complexity index is 184. The molecule has 0 aliphatic rings. The van der Waals surface area contributed by atoms with E-state index in [1.54, 1.807) is 7.05 Å². The maximum Gasteiger partial charge on any atom is 0.307 e. The van der Waals surface area contributed by atoms with E-state index in [1.807, 2.05) is 0 Å². The number of carbonyl (C=O) groups excluding carboxylic acids is 2. The quantitative estimate of drug-likeness (QED) is 0.491. The maximum absolute atomic E-state index is 11.1. The van der Waals surface area contributed by atoms with E-state index in [0.717, 1.165) is 0 Å². The summed E-state index contributed by atoms with van der Waals surface area (Å²) >= 11 is 5.39. The summed E-state index contributed by atoms with van der Waals surface area (Å²) in [5.74, 6) is -0.0640. The van der Waals surface area contributed by atoms with Crippen molar-refractivity contribution in [3.05, 3.63) is 0 Å². The smallest absolute Gasteiger partial charge is 0.307 e. The van der Waals surface area contributed by atoms with Gasteiger partial charge in [0.25, 0.3) is 0 Å². The van der Waals surface area contributed by atoms with Crippen LogP contribution in [0.25, 0.3) is 0 Å². The Morgan fingerprint density at radius 3 is 2.46 bits per heavy atom. The molecule has 0 spiro atoms. The van der Waals surface area contributed by atoms with E-state index >= 15 is 0 Å². The number of hydrogen-bond donors (Lipinski definition) is 0. The maximum atomic E-state index is 11.1. The Morgan fingerprint density at radius 1 is 1.38 bits per heavy atom. The summed E-state index contributed by atoms with van der Waals surface area (Å²) in [5, 5.41) is 0. The largest absolute Gasteiger partial charge is 0.469 e. The van der Waals surface area contributed by atoms with E-state index < -0.39 is 0 Å². The lowest BCUT2D eigenvalue weighted by Crippen LogP contribution is -2.29. The first kappa shape index (κ1) is 12.2. The van der Waals surface area contributed by atoms with E-state index in [0.29, 0.717) is 18.8 Å². The lowest BCUT2D eigenvalue weighted by Gasteiger charge is -2.15. The number of nitrogens with zero attached hydrogens (tertiary/aromatic N) is 1. The number of rotatable bonds is 5. The molecular weight excluding hydrogens is 194 g/mol. The zero-order valence-electron chi connectivity index (χ0n) is 7.88. The van der Waals surface area contributed by atoms with Crippen LogP contribution in [0, 0.1) is 0 Å². The van der Waals surface area contributed by atoms with Gasteiger partial charge in [-0.2, -0.15) is 0 Å². The lowest BCUT2D eigenvalue weighted by molar-refractivity contribution is -0.141. The number of ether oxygens (including phenoxy) is 1. The molecule has 0 unspecified atom stereocenters. The fraction of sp³-hybridized carbons (Fsp3) is 0.750. The summed E-state index contributed by atoms with van der Waals surface area (Å²) < 4.78 is 4.44. The molecule has 0 aliphatic heterocycles. The third-order valence-electron chi connectivity index (χ3n) is 1.61. The van der Waals surface area contributed by atoms with Crippen molar-refractivity contribution in [2.24, 2.45) is 0 Å². The number of methoxy groups -OCH3 is 1. The van der Waals surface area contributed by atoms with Crippen molar-refractivity contribution in [1.82, 2.24) is 4.90 Å². The molecule has 0 saturated carbocycles. The molecule has 0 N–H and O–H groups in total. The van der Waals surface area contributed by atoms with E-state index in [2.05, 4.69) is 4.74 Å². The fourth-order valence-corrected chi connectivity index (χ4v) is 0.919. The molecule has 0 aromatic rings. The second-order valence-corrected chi connectivity index (χ2v) is 2.96. The molecule has 0 bridgehead atoms. The van der Waals surface area contributed by atoms with Gasteiger partial charge in [-0.3, -0.25) is 9.59 Å². The Hall–Kier alpha value is -0.770. The van der Waals surface area contributed by atoms with Gasteiger partial charge in [-0.05, 0) is 0 Å². The number of carbonyl (C=O) groups is 2. The van der Waals surface area contributed by atoms with Crippen LogP contribution in [-0.2, 0) is 14.3 Å². The first-order valence-corrected chi connectivity index (χ1v) is 4.52. The SMILES string of the molecule is COC(=O)CCN(C)C(=O)CCCl. The highest BCUT2D eigenvalue weighted by Gasteiger charge is 2.09. The van der Waals surface area contributed by atoms with Crippen molar-refractivity contribution in [3.8, 4) is 0 Å². The summed E-state index contributed by atoms with van der Waals surface area (Å²) in [4.78, 5) is 23.3. The Morgan fingerprint density at radius 2 is 2.00 bits per heavy atom. The van der Waals surface area contributed by atoms with Crippen molar-refractivity contribution >= 4 is 23.5 Å². The van der Waals surface area contributed by atoms with Crippen LogP contribution in [0.4, 0.5) is 0 Å². The van der Waals surface area contributed by atoms with E-state index in [4.69, 9.17) is 11.6 Å². The van der Waals surface area contributed by atoms with Gasteiger partial charge in [0.05, 0.1) is 13.5 Å². The van der Waals surface area contributed by atoms with Crippen LogP contribution in [0.15, 0.2) is 0 Å². The number of hydrogen-bond acceptors (Lipinski definition) is 3. The molecule has 0 radical (unpaired) electrons. The van der Waals surface area contributed by atoms with Crippen LogP contribution in [-0.4, -0.2) is 43.4 Å². The first-order chi connectivity index (χ1) is 6.11. The number of alkyl halides is 1. The van der Waals surface area contributed by atoms with Crippen molar-refractivity contribution in [3.63, 3.8) is 0 Å². The minimum atomic E-state index is -0.314. The fourth-order valence-electron chi connectivity index (χ4n) is 0.757. The normalized spacial score (nSPS) is 9.46. The summed E-state index contributed by atoms with van der Waals surface area (Å²) in [6.07, 6.45) is 0.528. The van der Waals surface area contributed by atoms with Gasteiger partial charge < -0.3 is 9.64 Å². The Labute approximate surface area is 82.8 Å². The van der Waals surface area contributed by atoms with Crippen LogP contribution < -0.4 is 0 Å². The average molecular weight is 208 g/mol. The van der Waals surface area contributed by atoms with Crippen LogP contribution in [0.5, 0.6) is 0 Å². The summed E-state index contributed by atoms with van der Waals surface area (Å²) in [7, 11) is 2.96. The van der Waals surface area contributed by atoms with Gasteiger partial charge >= 0.3 is 5.97 Å². The molecule has 5 heteroatoms. The third-order valence-corrected chi connectivity index (χ3v) is 1.80. The zero-order chi connectivity index (χ0) is 10.3.